The van der Waals surface area contributed by atoms with Crippen LogP contribution in [0.3, 0.4) is 0 Å². The van der Waals surface area contributed by atoms with Crippen molar-refractivity contribution in [1.29, 1.82) is 0 Å². The Morgan fingerprint density at radius 1 is 1.27 bits per heavy atom. The van der Waals surface area contributed by atoms with E-state index in [1.54, 1.807) is 12.5 Å². The standard InChI is InChI=1S/C20H29N5O/c1-20(2,3)12-18(26)25-8-5-6-15(13-25)10-16-11-17(23-14-22-16)19-21-7-9-24(19)4/h7,9,11,14-15H,5-6,8,10,12-13H2,1-4H3. The molecule has 0 saturated carbocycles. The zero-order chi connectivity index (χ0) is 18.7. The van der Waals surface area contributed by atoms with Crippen molar-refractivity contribution >= 4 is 5.91 Å². The van der Waals surface area contributed by atoms with E-state index in [0.717, 1.165) is 49.6 Å². The molecule has 6 nitrogen and oxygen atoms in total. The van der Waals surface area contributed by atoms with Gasteiger partial charge in [-0.15, -0.1) is 0 Å². The van der Waals surface area contributed by atoms with E-state index in [1.165, 1.54) is 0 Å². The van der Waals surface area contributed by atoms with Gasteiger partial charge in [-0.1, -0.05) is 20.8 Å². The first-order valence-electron chi connectivity index (χ1n) is 9.38. The van der Waals surface area contributed by atoms with Gasteiger partial charge < -0.3 is 9.47 Å². The molecule has 0 N–H and O–H groups in total. The topological polar surface area (TPSA) is 63.9 Å². The molecule has 0 spiro atoms. The summed E-state index contributed by atoms with van der Waals surface area (Å²) >= 11 is 0. The molecule has 3 rings (SSSR count). The number of rotatable bonds is 4. The number of nitrogens with zero attached hydrogens (tertiary/aromatic N) is 5. The maximum absolute atomic E-state index is 12.5. The van der Waals surface area contributed by atoms with Crippen LogP contribution in [0.5, 0.6) is 0 Å². The molecule has 1 amide bonds. The lowest BCUT2D eigenvalue weighted by Crippen LogP contribution is -2.41. The van der Waals surface area contributed by atoms with Crippen molar-refractivity contribution in [2.45, 2.75) is 46.5 Å². The zero-order valence-corrected chi connectivity index (χ0v) is 16.3. The predicted octanol–water partition coefficient (Wildman–Crippen LogP) is 3.09. The van der Waals surface area contributed by atoms with Gasteiger partial charge in [-0.25, -0.2) is 15.0 Å². The lowest BCUT2D eigenvalue weighted by Gasteiger charge is -2.34. The molecule has 140 valence electrons. The van der Waals surface area contributed by atoms with Gasteiger partial charge in [-0.3, -0.25) is 4.79 Å². The maximum Gasteiger partial charge on any atom is 0.223 e. The normalized spacial score (nSPS) is 18.2. The van der Waals surface area contributed by atoms with Crippen LogP contribution in [-0.2, 0) is 18.3 Å². The second kappa shape index (κ2) is 7.56. The van der Waals surface area contributed by atoms with Crippen LogP contribution in [0.2, 0.25) is 0 Å². The fourth-order valence-corrected chi connectivity index (χ4v) is 3.56. The molecule has 26 heavy (non-hydrogen) atoms. The Balaban J connectivity index is 1.66. The summed E-state index contributed by atoms with van der Waals surface area (Å²) in [6.07, 6.45) is 8.99. The van der Waals surface area contributed by atoms with Crippen molar-refractivity contribution in [3.63, 3.8) is 0 Å². The average molecular weight is 355 g/mol. The molecule has 0 aromatic carbocycles. The van der Waals surface area contributed by atoms with Crippen LogP contribution in [0.25, 0.3) is 11.5 Å². The molecule has 0 radical (unpaired) electrons. The minimum absolute atomic E-state index is 0.0354. The molecule has 6 heteroatoms. The molecular weight excluding hydrogens is 326 g/mol. The number of hydrogen-bond donors (Lipinski definition) is 0. The predicted molar refractivity (Wildman–Crippen MR) is 101 cm³/mol. The number of hydrogen-bond acceptors (Lipinski definition) is 4. The van der Waals surface area contributed by atoms with Crippen molar-refractivity contribution in [1.82, 2.24) is 24.4 Å². The number of amides is 1. The first-order valence-corrected chi connectivity index (χ1v) is 9.38. The van der Waals surface area contributed by atoms with E-state index in [4.69, 9.17) is 0 Å². The fraction of sp³-hybridized carbons (Fsp3) is 0.600. The Bertz CT molecular complexity index is 762. The average Bonchev–Trinajstić information content (AvgIpc) is 3.00. The Hall–Kier alpha value is -2.24. The van der Waals surface area contributed by atoms with Gasteiger partial charge in [-0.2, -0.15) is 0 Å². The summed E-state index contributed by atoms with van der Waals surface area (Å²) in [6.45, 7) is 8.06. The van der Waals surface area contributed by atoms with E-state index in [9.17, 15) is 4.79 Å². The number of likely N-dealkylation sites (tertiary alicyclic amines) is 1. The van der Waals surface area contributed by atoms with Crippen molar-refractivity contribution in [2.75, 3.05) is 13.1 Å². The molecule has 1 saturated heterocycles. The van der Waals surface area contributed by atoms with Gasteiger partial charge in [-0.05, 0) is 36.7 Å². The first-order chi connectivity index (χ1) is 12.3. The number of carbonyl (C=O) groups is 1. The van der Waals surface area contributed by atoms with Crippen molar-refractivity contribution in [2.24, 2.45) is 18.4 Å². The third kappa shape index (κ3) is 4.68. The van der Waals surface area contributed by atoms with E-state index in [0.29, 0.717) is 12.3 Å². The van der Waals surface area contributed by atoms with Crippen LogP contribution < -0.4 is 0 Å². The van der Waals surface area contributed by atoms with Gasteiger partial charge in [0.25, 0.3) is 0 Å². The second-order valence-corrected chi connectivity index (χ2v) is 8.55. The van der Waals surface area contributed by atoms with Gasteiger partial charge >= 0.3 is 0 Å². The SMILES string of the molecule is Cn1ccnc1-c1cc(CC2CCCN(C(=O)CC(C)(C)C)C2)ncn1. The van der Waals surface area contributed by atoms with Crippen LogP contribution in [0.1, 0.15) is 45.7 Å². The fourth-order valence-electron chi connectivity index (χ4n) is 3.56. The van der Waals surface area contributed by atoms with Crippen molar-refractivity contribution < 1.29 is 4.79 Å². The zero-order valence-electron chi connectivity index (χ0n) is 16.3. The van der Waals surface area contributed by atoms with Crippen LogP contribution in [0.15, 0.2) is 24.8 Å². The summed E-state index contributed by atoms with van der Waals surface area (Å²) in [5.74, 6) is 1.58. The molecule has 1 unspecified atom stereocenters. The number of aromatic nitrogens is 4. The molecule has 1 fully saturated rings. The van der Waals surface area contributed by atoms with Gasteiger partial charge in [0.15, 0.2) is 5.82 Å². The van der Waals surface area contributed by atoms with Crippen LogP contribution in [0.4, 0.5) is 0 Å². The molecule has 0 bridgehead atoms. The Kier molecular flexibility index (Phi) is 5.39. The minimum Gasteiger partial charge on any atom is -0.342 e. The Morgan fingerprint density at radius 3 is 2.77 bits per heavy atom. The lowest BCUT2D eigenvalue weighted by molar-refractivity contribution is -0.134. The Labute approximate surface area is 155 Å². The van der Waals surface area contributed by atoms with Crippen molar-refractivity contribution in [3.05, 3.63) is 30.5 Å². The summed E-state index contributed by atoms with van der Waals surface area (Å²) in [6, 6.07) is 2.03. The number of imidazole rings is 1. The monoisotopic (exact) mass is 355 g/mol. The molecular formula is C20H29N5O. The van der Waals surface area contributed by atoms with Gasteiger partial charge in [0.05, 0.1) is 0 Å². The summed E-state index contributed by atoms with van der Waals surface area (Å²) in [5, 5.41) is 0. The van der Waals surface area contributed by atoms with Crippen LogP contribution in [-0.4, -0.2) is 43.4 Å². The first kappa shape index (κ1) is 18.5. The second-order valence-electron chi connectivity index (χ2n) is 8.55. The lowest BCUT2D eigenvalue weighted by atomic mass is 9.89. The van der Waals surface area contributed by atoms with Gasteiger partial charge in [0.1, 0.15) is 12.0 Å². The van der Waals surface area contributed by atoms with Crippen LogP contribution >= 0.6 is 0 Å². The number of aryl methyl sites for hydroxylation is 1. The summed E-state index contributed by atoms with van der Waals surface area (Å²) in [7, 11) is 1.96. The highest BCUT2D eigenvalue weighted by Crippen LogP contribution is 2.25. The summed E-state index contributed by atoms with van der Waals surface area (Å²) in [5.41, 5.74) is 1.90. The highest BCUT2D eigenvalue weighted by molar-refractivity contribution is 5.76. The Morgan fingerprint density at radius 2 is 2.08 bits per heavy atom. The number of carbonyl (C=O) groups excluding carboxylic acids is 1. The highest BCUT2D eigenvalue weighted by Gasteiger charge is 2.27. The largest absolute Gasteiger partial charge is 0.342 e. The van der Waals surface area contributed by atoms with E-state index in [2.05, 4.69) is 35.7 Å². The molecule has 0 aliphatic carbocycles. The van der Waals surface area contributed by atoms with Gasteiger partial charge in [0, 0.05) is 44.6 Å². The van der Waals surface area contributed by atoms with Gasteiger partial charge in [0.2, 0.25) is 5.91 Å². The molecule has 2 aromatic rings. The smallest absolute Gasteiger partial charge is 0.223 e. The molecule has 3 heterocycles. The third-order valence-electron chi connectivity index (χ3n) is 4.83. The van der Waals surface area contributed by atoms with Crippen LogP contribution in [0, 0.1) is 11.3 Å². The molecule has 1 atom stereocenters. The van der Waals surface area contributed by atoms with E-state index < -0.39 is 0 Å². The summed E-state index contributed by atoms with van der Waals surface area (Å²) < 4.78 is 1.96. The van der Waals surface area contributed by atoms with E-state index in [1.807, 2.05) is 28.8 Å². The third-order valence-corrected chi connectivity index (χ3v) is 4.83. The molecule has 2 aromatic heterocycles. The van der Waals surface area contributed by atoms with E-state index >= 15 is 0 Å². The highest BCUT2D eigenvalue weighted by atomic mass is 16.2. The molecule has 1 aliphatic heterocycles. The van der Waals surface area contributed by atoms with E-state index in [-0.39, 0.29) is 11.3 Å². The number of piperidine rings is 1. The minimum atomic E-state index is 0.0354. The quantitative estimate of drug-likeness (QED) is 0.845. The van der Waals surface area contributed by atoms with Crippen molar-refractivity contribution in [3.8, 4) is 11.5 Å². The maximum atomic E-state index is 12.5. The summed E-state index contributed by atoms with van der Waals surface area (Å²) in [4.78, 5) is 27.8. The molecule has 1 aliphatic rings.